The number of hydrogen-bond acceptors (Lipinski definition) is 5. The second-order valence-electron chi connectivity index (χ2n) is 4.34. The summed E-state index contributed by atoms with van der Waals surface area (Å²) in [7, 11) is -2.05. The molecule has 2 rings (SSSR count). The number of sulfonamides is 1. The first-order valence-corrected chi connectivity index (χ1v) is 7.54. The number of methoxy groups -OCH3 is 1. The molecule has 0 amide bonds. The van der Waals surface area contributed by atoms with Gasteiger partial charge in [-0.15, -0.1) is 0 Å². The summed E-state index contributed by atoms with van der Waals surface area (Å²) >= 11 is 0. The van der Waals surface area contributed by atoms with E-state index in [1.54, 1.807) is 6.07 Å². The Morgan fingerprint density at radius 2 is 2.05 bits per heavy atom. The number of phenolic OH excluding ortho intramolecular Hbond substituents is 1. The molecular weight excluding hydrogens is 270 g/mol. The SMILES string of the molecule is COc1ccc(O)c(NS(=O)(=O)C2CCOCC2)c1. The zero-order chi connectivity index (χ0) is 13.9. The lowest BCUT2D eigenvalue weighted by Gasteiger charge is -2.23. The van der Waals surface area contributed by atoms with Gasteiger partial charge < -0.3 is 14.6 Å². The monoisotopic (exact) mass is 287 g/mol. The average molecular weight is 287 g/mol. The van der Waals surface area contributed by atoms with E-state index >= 15 is 0 Å². The third kappa shape index (κ3) is 3.30. The number of anilines is 1. The topological polar surface area (TPSA) is 84.9 Å². The van der Waals surface area contributed by atoms with Gasteiger partial charge in [0.05, 0.1) is 18.0 Å². The summed E-state index contributed by atoms with van der Waals surface area (Å²) in [6.07, 6.45) is 0.917. The number of aromatic hydroxyl groups is 1. The molecule has 1 aromatic carbocycles. The van der Waals surface area contributed by atoms with Crippen LogP contribution in [-0.2, 0) is 14.8 Å². The lowest BCUT2D eigenvalue weighted by atomic mass is 10.2. The van der Waals surface area contributed by atoms with Crippen molar-refractivity contribution >= 4 is 15.7 Å². The molecule has 0 atom stereocenters. The fraction of sp³-hybridized carbons (Fsp3) is 0.500. The molecular formula is C12H17NO5S. The lowest BCUT2D eigenvalue weighted by molar-refractivity contribution is 0.0984. The van der Waals surface area contributed by atoms with Crippen LogP contribution in [0.3, 0.4) is 0 Å². The third-order valence-corrected chi connectivity index (χ3v) is 4.92. The molecule has 0 saturated carbocycles. The third-order valence-electron chi connectivity index (χ3n) is 3.06. The first-order chi connectivity index (χ1) is 9.03. The summed E-state index contributed by atoms with van der Waals surface area (Å²) in [6, 6.07) is 4.40. The van der Waals surface area contributed by atoms with Gasteiger partial charge in [0, 0.05) is 19.3 Å². The largest absolute Gasteiger partial charge is 0.506 e. The van der Waals surface area contributed by atoms with Gasteiger partial charge in [-0.25, -0.2) is 8.42 Å². The van der Waals surface area contributed by atoms with Gasteiger partial charge in [-0.2, -0.15) is 0 Å². The highest BCUT2D eigenvalue weighted by Crippen LogP contribution is 2.30. The van der Waals surface area contributed by atoms with E-state index in [-0.39, 0.29) is 11.4 Å². The summed E-state index contributed by atoms with van der Waals surface area (Å²) in [6.45, 7) is 0.880. The van der Waals surface area contributed by atoms with Gasteiger partial charge in [0.1, 0.15) is 11.5 Å². The van der Waals surface area contributed by atoms with Gasteiger partial charge in [-0.1, -0.05) is 0 Å². The summed E-state index contributed by atoms with van der Waals surface area (Å²) in [5, 5.41) is 9.19. The Balaban J connectivity index is 2.19. The molecule has 0 bridgehead atoms. The number of rotatable bonds is 4. The zero-order valence-electron chi connectivity index (χ0n) is 10.6. The first kappa shape index (κ1) is 14.0. The highest BCUT2D eigenvalue weighted by molar-refractivity contribution is 7.93. The fourth-order valence-electron chi connectivity index (χ4n) is 1.95. The lowest BCUT2D eigenvalue weighted by Crippen LogP contribution is -2.33. The normalized spacial score (nSPS) is 17.1. The van der Waals surface area contributed by atoms with E-state index in [0.717, 1.165) is 0 Å². The minimum absolute atomic E-state index is 0.128. The summed E-state index contributed by atoms with van der Waals surface area (Å²) < 4.78 is 36.9. The van der Waals surface area contributed by atoms with Crippen LogP contribution in [0.2, 0.25) is 0 Å². The van der Waals surface area contributed by atoms with Crippen LogP contribution in [-0.4, -0.2) is 39.1 Å². The molecule has 1 fully saturated rings. The second kappa shape index (κ2) is 5.66. The van der Waals surface area contributed by atoms with E-state index in [9.17, 15) is 13.5 Å². The Kier molecular flexibility index (Phi) is 4.16. The van der Waals surface area contributed by atoms with E-state index in [1.807, 2.05) is 0 Å². The van der Waals surface area contributed by atoms with Gasteiger partial charge in [-0.05, 0) is 25.0 Å². The Morgan fingerprint density at radius 1 is 1.37 bits per heavy atom. The number of phenols is 1. The smallest absolute Gasteiger partial charge is 0.235 e. The summed E-state index contributed by atoms with van der Waals surface area (Å²) in [4.78, 5) is 0. The molecule has 106 valence electrons. The van der Waals surface area contributed by atoms with Crippen molar-refractivity contribution in [2.24, 2.45) is 0 Å². The molecule has 0 aromatic heterocycles. The Bertz CT molecular complexity index is 537. The highest BCUT2D eigenvalue weighted by Gasteiger charge is 2.28. The molecule has 0 aliphatic carbocycles. The summed E-state index contributed by atoms with van der Waals surface area (Å²) in [5.74, 6) is 0.346. The first-order valence-electron chi connectivity index (χ1n) is 5.99. The Hall–Kier alpha value is -1.47. The van der Waals surface area contributed by atoms with Gasteiger partial charge in [0.15, 0.2) is 0 Å². The van der Waals surface area contributed by atoms with Crippen LogP contribution in [0.1, 0.15) is 12.8 Å². The molecule has 6 nitrogen and oxygen atoms in total. The van der Waals surface area contributed by atoms with Gasteiger partial charge in [-0.3, -0.25) is 4.72 Å². The number of nitrogens with one attached hydrogen (secondary N) is 1. The molecule has 19 heavy (non-hydrogen) atoms. The fourth-order valence-corrected chi connectivity index (χ4v) is 3.40. The van der Waals surface area contributed by atoms with Crippen molar-refractivity contribution in [1.29, 1.82) is 0 Å². The second-order valence-corrected chi connectivity index (χ2v) is 6.30. The summed E-state index contributed by atoms with van der Waals surface area (Å²) in [5.41, 5.74) is 0.130. The molecule has 1 aromatic rings. The highest BCUT2D eigenvalue weighted by atomic mass is 32.2. The Labute approximate surface area is 112 Å². The minimum atomic E-state index is -3.53. The van der Waals surface area contributed by atoms with Crippen LogP contribution in [0.15, 0.2) is 18.2 Å². The average Bonchev–Trinajstić information content (AvgIpc) is 2.42. The molecule has 2 N–H and O–H groups in total. The van der Waals surface area contributed by atoms with E-state index in [4.69, 9.17) is 9.47 Å². The van der Waals surface area contributed by atoms with Crippen LogP contribution in [0.25, 0.3) is 0 Å². The molecule has 1 aliphatic rings. The van der Waals surface area contributed by atoms with Gasteiger partial charge in [0.2, 0.25) is 10.0 Å². The van der Waals surface area contributed by atoms with Crippen molar-refractivity contribution in [3.8, 4) is 11.5 Å². The number of ether oxygens (including phenoxy) is 2. The predicted molar refractivity (Wildman–Crippen MR) is 71.0 cm³/mol. The molecule has 1 saturated heterocycles. The molecule has 1 aliphatic heterocycles. The number of hydrogen-bond donors (Lipinski definition) is 2. The van der Waals surface area contributed by atoms with Crippen molar-refractivity contribution in [3.63, 3.8) is 0 Å². The zero-order valence-corrected chi connectivity index (χ0v) is 11.4. The quantitative estimate of drug-likeness (QED) is 0.816. The van der Waals surface area contributed by atoms with Crippen molar-refractivity contribution in [2.45, 2.75) is 18.1 Å². The molecule has 0 unspecified atom stereocenters. The van der Waals surface area contributed by atoms with Crippen molar-refractivity contribution in [1.82, 2.24) is 0 Å². The van der Waals surface area contributed by atoms with Crippen molar-refractivity contribution in [3.05, 3.63) is 18.2 Å². The molecule has 0 spiro atoms. The van der Waals surface area contributed by atoms with Crippen molar-refractivity contribution in [2.75, 3.05) is 25.0 Å². The van der Waals surface area contributed by atoms with Crippen LogP contribution in [0.5, 0.6) is 11.5 Å². The Morgan fingerprint density at radius 3 is 2.68 bits per heavy atom. The van der Waals surface area contributed by atoms with Crippen LogP contribution >= 0.6 is 0 Å². The van der Waals surface area contributed by atoms with E-state index in [1.165, 1.54) is 19.2 Å². The van der Waals surface area contributed by atoms with Crippen LogP contribution < -0.4 is 9.46 Å². The standard InChI is InChI=1S/C12H17NO5S/c1-17-9-2-3-12(14)11(8-9)13-19(15,16)10-4-6-18-7-5-10/h2-3,8,10,13-14H,4-7H2,1H3. The van der Waals surface area contributed by atoms with Crippen LogP contribution in [0.4, 0.5) is 5.69 Å². The maximum absolute atomic E-state index is 12.2. The minimum Gasteiger partial charge on any atom is -0.506 e. The van der Waals surface area contributed by atoms with Crippen molar-refractivity contribution < 1.29 is 23.0 Å². The van der Waals surface area contributed by atoms with E-state index < -0.39 is 15.3 Å². The predicted octanol–water partition coefficient (Wildman–Crippen LogP) is 1.32. The molecule has 7 heteroatoms. The maximum Gasteiger partial charge on any atom is 0.235 e. The van der Waals surface area contributed by atoms with Crippen LogP contribution in [0, 0.1) is 0 Å². The van der Waals surface area contributed by atoms with Gasteiger partial charge >= 0.3 is 0 Å². The molecule has 1 heterocycles. The molecule has 0 radical (unpaired) electrons. The number of benzene rings is 1. The van der Waals surface area contributed by atoms with E-state index in [0.29, 0.717) is 31.8 Å². The van der Waals surface area contributed by atoms with E-state index in [2.05, 4.69) is 4.72 Å². The van der Waals surface area contributed by atoms with Gasteiger partial charge in [0.25, 0.3) is 0 Å². The maximum atomic E-state index is 12.2.